The summed E-state index contributed by atoms with van der Waals surface area (Å²) in [6.07, 6.45) is 0.459. The van der Waals surface area contributed by atoms with Gasteiger partial charge in [-0.15, -0.1) is 11.3 Å². The number of carboxylic acids is 1. The highest BCUT2D eigenvalue weighted by Gasteiger charge is 2.16. The number of carboxylic acid groups (broad SMARTS) is 1. The summed E-state index contributed by atoms with van der Waals surface area (Å²) in [4.78, 5) is 14.4. The van der Waals surface area contributed by atoms with E-state index in [4.69, 9.17) is 9.84 Å². The molecular formula is C12H11NO4S. The normalized spacial score (nSPS) is 10.2. The predicted molar refractivity (Wildman–Crippen MR) is 66.4 cm³/mol. The Balaban J connectivity index is 1.91. The van der Waals surface area contributed by atoms with Crippen LogP contribution < -0.4 is 4.74 Å². The van der Waals surface area contributed by atoms with Gasteiger partial charge in [-0.1, -0.05) is 18.2 Å². The van der Waals surface area contributed by atoms with Gasteiger partial charge >= 0.3 is 5.97 Å². The SMILES string of the molecule is O=C(O)c1sc(CCOc2ccccc2)nc1O. The maximum Gasteiger partial charge on any atom is 0.351 e. The van der Waals surface area contributed by atoms with Crippen molar-refractivity contribution in [2.75, 3.05) is 6.61 Å². The first-order chi connectivity index (χ1) is 8.66. The number of para-hydroxylation sites is 1. The van der Waals surface area contributed by atoms with E-state index in [2.05, 4.69) is 4.98 Å². The Hall–Kier alpha value is -2.08. The molecule has 1 aromatic carbocycles. The van der Waals surface area contributed by atoms with Crippen molar-refractivity contribution >= 4 is 17.3 Å². The lowest BCUT2D eigenvalue weighted by molar-refractivity contribution is 0.0699. The van der Waals surface area contributed by atoms with Crippen molar-refractivity contribution in [3.63, 3.8) is 0 Å². The molecule has 0 atom stereocenters. The minimum atomic E-state index is -1.17. The van der Waals surface area contributed by atoms with Crippen molar-refractivity contribution in [3.05, 3.63) is 40.2 Å². The molecule has 2 aromatic rings. The Bertz CT molecular complexity index is 538. The fourth-order valence-corrected chi connectivity index (χ4v) is 2.15. The highest BCUT2D eigenvalue weighted by Crippen LogP contribution is 2.24. The molecular weight excluding hydrogens is 254 g/mol. The van der Waals surface area contributed by atoms with E-state index in [9.17, 15) is 9.90 Å². The van der Waals surface area contributed by atoms with E-state index in [0.29, 0.717) is 18.0 Å². The quantitative estimate of drug-likeness (QED) is 0.866. The van der Waals surface area contributed by atoms with Crippen LogP contribution in [-0.2, 0) is 6.42 Å². The fourth-order valence-electron chi connectivity index (χ4n) is 1.37. The van der Waals surface area contributed by atoms with Gasteiger partial charge in [0.25, 0.3) is 0 Å². The van der Waals surface area contributed by atoms with E-state index in [1.54, 1.807) is 0 Å². The standard InChI is InChI=1S/C12H11NO4S/c14-11-10(12(15)16)18-9(13-11)6-7-17-8-4-2-1-3-5-8/h1-5,14H,6-7H2,(H,15,16). The van der Waals surface area contributed by atoms with E-state index in [0.717, 1.165) is 17.1 Å². The lowest BCUT2D eigenvalue weighted by Crippen LogP contribution is -2.00. The third-order valence-corrected chi connectivity index (χ3v) is 3.27. The molecule has 2 rings (SSSR count). The number of aromatic nitrogens is 1. The van der Waals surface area contributed by atoms with Crippen LogP contribution in [-0.4, -0.2) is 27.8 Å². The summed E-state index contributed by atoms with van der Waals surface area (Å²) < 4.78 is 5.46. The molecule has 1 aromatic heterocycles. The van der Waals surface area contributed by atoms with Gasteiger partial charge in [0.15, 0.2) is 4.88 Å². The smallest absolute Gasteiger partial charge is 0.351 e. The van der Waals surface area contributed by atoms with Crippen molar-refractivity contribution in [2.24, 2.45) is 0 Å². The first kappa shape index (κ1) is 12.4. The molecule has 0 fully saturated rings. The largest absolute Gasteiger partial charge is 0.493 e. The minimum Gasteiger partial charge on any atom is -0.493 e. The van der Waals surface area contributed by atoms with Crippen molar-refractivity contribution < 1.29 is 19.7 Å². The minimum absolute atomic E-state index is 0.135. The average Bonchev–Trinajstić information content (AvgIpc) is 2.72. The Kier molecular flexibility index (Phi) is 3.78. The lowest BCUT2D eigenvalue weighted by atomic mass is 10.3. The summed E-state index contributed by atoms with van der Waals surface area (Å²) in [7, 11) is 0. The molecule has 0 aliphatic heterocycles. The van der Waals surface area contributed by atoms with Gasteiger partial charge in [0.05, 0.1) is 6.61 Å². The van der Waals surface area contributed by atoms with Gasteiger partial charge in [0, 0.05) is 6.42 Å². The zero-order valence-corrected chi connectivity index (χ0v) is 10.2. The van der Waals surface area contributed by atoms with Crippen LogP contribution in [0.5, 0.6) is 11.6 Å². The van der Waals surface area contributed by atoms with Crippen LogP contribution in [0, 0.1) is 0 Å². The third kappa shape index (κ3) is 2.98. The molecule has 5 nitrogen and oxygen atoms in total. The Morgan fingerprint density at radius 2 is 2.06 bits per heavy atom. The summed E-state index contributed by atoms with van der Waals surface area (Å²) in [5.41, 5.74) is 0. The maximum absolute atomic E-state index is 10.7. The van der Waals surface area contributed by atoms with Crippen LogP contribution in [0.1, 0.15) is 14.7 Å². The number of carbonyl (C=O) groups is 1. The van der Waals surface area contributed by atoms with Crippen molar-refractivity contribution in [3.8, 4) is 11.6 Å². The van der Waals surface area contributed by atoms with Crippen molar-refractivity contribution in [2.45, 2.75) is 6.42 Å². The molecule has 0 aliphatic carbocycles. The average molecular weight is 265 g/mol. The number of rotatable bonds is 5. The van der Waals surface area contributed by atoms with Gasteiger partial charge in [0.1, 0.15) is 10.8 Å². The zero-order valence-electron chi connectivity index (χ0n) is 9.37. The van der Waals surface area contributed by atoms with Crippen LogP contribution in [0.25, 0.3) is 0 Å². The second-order valence-electron chi connectivity index (χ2n) is 3.48. The van der Waals surface area contributed by atoms with Crippen LogP contribution in [0.4, 0.5) is 0 Å². The summed E-state index contributed by atoms with van der Waals surface area (Å²) in [5, 5.41) is 18.6. The van der Waals surface area contributed by atoms with Crippen LogP contribution in [0.3, 0.4) is 0 Å². The number of hydrogen-bond acceptors (Lipinski definition) is 5. The van der Waals surface area contributed by atoms with Gasteiger partial charge < -0.3 is 14.9 Å². The van der Waals surface area contributed by atoms with E-state index in [-0.39, 0.29) is 4.88 Å². The molecule has 0 saturated heterocycles. The summed E-state index contributed by atoms with van der Waals surface area (Å²) in [6.45, 7) is 0.385. The monoisotopic (exact) mass is 265 g/mol. The van der Waals surface area contributed by atoms with E-state index in [1.165, 1.54) is 0 Å². The molecule has 1 heterocycles. The first-order valence-corrected chi connectivity index (χ1v) is 6.08. The number of aromatic carboxylic acids is 1. The van der Waals surface area contributed by atoms with E-state index < -0.39 is 11.8 Å². The Morgan fingerprint density at radius 3 is 2.67 bits per heavy atom. The molecule has 0 radical (unpaired) electrons. The molecule has 0 bridgehead atoms. The second kappa shape index (κ2) is 5.50. The number of hydrogen-bond donors (Lipinski definition) is 2. The Morgan fingerprint density at radius 1 is 1.33 bits per heavy atom. The zero-order chi connectivity index (χ0) is 13.0. The van der Waals surface area contributed by atoms with Crippen LogP contribution in [0.15, 0.2) is 30.3 Å². The molecule has 6 heteroatoms. The van der Waals surface area contributed by atoms with E-state index in [1.807, 2.05) is 30.3 Å². The van der Waals surface area contributed by atoms with E-state index >= 15 is 0 Å². The number of benzene rings is 1. The number of thiazole rings is 1. The highest BCUT2D eigenvalue weighted by atomic mass is 32.1. The van der Waals surface area contributed by atoms with Gasteiger partial charge in [-0.05, 0) is 12.1 Å². The summed E-state index contributed by atoms with van der Waals surface area (Å²) in [6, 6.07) is 9.30. The molecule has 0 spiro atoms. The van der Waals surface area contributed by atoms with Gasteiger partial charge in [-0.25, -0.2) is 9.78 Å². The van der Waals surface area contributed by atoms with Crippen LogP contribution >= 0.6 is 11.3 Å². The second-order valence-corrected chi connectivity index (χ2v) is 4.56. The lowest BCUT2D eigenvalue weighted by Gasteiger charge is -2.03. The van der Waals surface area contributed by atoms with Crippen LogP contribution in [0.2, 0.25) is 0 Å². The molecule has 94 valence electrons. The Labute approximate surface area is 107 Å². The number of aromatic hydroxyl groups is 1. The molecule has 2 N–H and O–H groups in total. The van der Waals surface area contributed by atoms with Crippen molar-refractivity contribution in [1.29, 1.82) is 0 Å². The summed E-state index contributed by atoms with van der Waals surface area (Å²) in [5.74, 6) is -0.848. The van der Waals surface area contributed by atoms with Gasteiger partial charge in [0.2, 0.25) is 5.88 Å². The molecule has 0 amide bonds. The van der Waals surface area contributed by atoms with Gasteiger partial charge in [-0.3, -0.25) is 0 Å². The number of ether oxygens (including phenoxy) is 1. The highest BCUT2D eigenvalue weighted by molar-refractivity contribution is 7.13. The first-order valence-electron chi connectivity index (χ1n) is 5.26. The molecule has 18 heavy (non-hydrogen) atoms. The van der Waals surface area contributed by atoms with Crippen molar-refractivity contribution in [1.82, 2.24) is 4.98 Å². The molecule has 0 aliphatic rings. The molecule has 0 unspecified atom stereocenters. The number of nitrogens with zero attached hydrogens (tertiary/aromatic N) is 1. The molecule has 0 saturated carbocycles. The predicted octanol–water partition coefficient (Wildman–Crippen LogP) is 2.17. The fraction of sp³-hybridized carbons (Fsp3) is 0.167. The topological polar surface area (TPSA) is 79.7 Å². The van der Waals surface area contributed by atoms with Gasteiger partial charge in [-0.2, -0.15) is 0 Å². The third-order valence-electron chi connectivity index (χ3n) is 2.18. The summed E-state index contributed by atoms with van der Waals surface area (Å²) >= 11 is 0.962. The maximum atomic E-state index is 10.7.